The number of aliphatic hydroxyl groups is 1. The molecule has 2 fully saturated rings. The van der Waals surface area contributed by atoms with Crippen LogP contribution in [0.2, 0.25) is 0 Å². The van der Waals surface area contributed by atoms with Gasteiger partial charge in [0.1, 0.15) is 0 Å². The van der Waals surface area contributed by atoms with Gasteiger partial charge >= 0.3 is 0 Å². The second-order valence-corrected chi connectivity index (χ2v) is 6.96. The van der Waals surface area contributed by atoms with Gasteiger partial charge < -0.3 is 16.2 Å². The fraction of sp³-hybridized carbons (Fsp3) is 1.00. The summed E-state index contributed by atoms with van der Waals surface area (Å²) in [6.45, 7) is 1.50. The van der Waals surface area contributed by atoms with Crippen LogP contribution in [0.15, 0.2) is 0 Å². The first kappa shape index (κ1) is 11.3. The molecule has 0 aromatic rings. The zero-order valence-corrected chi connectivity index (χ0v) is 9.52. The molecule has 0 bridgehead atoms. The van der Waals surface area contributed by atoms with Crippen LogP contribution in [0, 0.1) is 0 Å². The molecule has 2 aliphatic heterocycles. The molecule has 2 rings (SSSR count). The predicted molar refractivity (Wildman–Crippen MR) is 57.2 cm³/mol. The Morgan fingerprint density at radius 3 is 2.27 bits per heavy atom. The molecule has 0 aromatic carbocycles. The van der Waals surface area contributed by atoms with Crippen LogP contribution < -0.4 is 11.1 Å². The van der Waals surface area contributed by atoms with Crippen LogP contribution >= 0.6 is 0 Å². The Labute approximate surface area is 90.0 Å². The summed E-state index contributed by atoms with van der Waals surface area (Å²) in [5.41, 5.74) is 4.22. The zero-order valence-electron chi connectivity index (χ0n) is 8.70. The average Bonchev–Trinajstić information content (AvgIpc) is 2.44. The van der Waals surface area contributed by atoms with E-state index in [9.17, 15) is 13.5 Å². The van der Waals surface area contributed by atoms with Crippen molar-refractivity contribution in [3.05, 3.63) is 0 Å². The smallest absolute Gasteiger partial charge is 0.153 e. The molecule has 1 atom stereocenters. The van der Waals surface area contributed by atoms with Gasteiger partial charge in [-0.3, -0.25) is 0 Å². The van der Waals surface area contributed by atoms with Crippen LogP contribution in [0.3, 0.4) is 0 Å². The molecule has 4 N–H and O–H groups in total. The fourth-order valence-corrected chi connectivity index (χ4v) is 4.52. The first-order valence-corrected chi connectivity index (χ1v) is 7.12. The van der Waals surface area contributed by atoms with Crippen LogP contribution in [-0.4, -0.2) is 49.3 Å². The highest BCUT2D eigenvalue weighted by molar-refractivity contribution is 7.91. The molecule has 0 saturated carbocycles. The van der Waals surface area contributed by atoms with Crippen molar-refractivity contribution in [3.63, 3.8) is 0 Å². The normalized spacial score (nSPS) is 39.1. The summed E-state index contributed by atoms with van der Waals surface area (Å²) < 4.78 is 22.8. The van der Waals surface area contributed by atoms with E-state index in [-0.39, 0.29) is 17.9 Å². The highest BCUT2D eigenvalue weighted by Gasteiger charge is 2.53. The number of rotatable bonds is 1. The minimum Gasteiger partial charge on any atom is -0.387 e. The summed E-state index contributed by atoms with van der Waals surface area (Å²) in [6.07, 6.45) is 1.56. The maximum Gasteiger partial charge on any atom is 0.153 e. The van der Waals surface area contributed by atoms with Crippen LogP contribution in [0.25, 0.3) is 0 Å². The first-order chi connectivity index (χ1) is 6.87. The van der Waals surface area contributed by atoms with E-state index in [1.807, 2.05) is 0 Å². The lowest BCUT2D eigenvalue weighted by atomic mass is 9.74. The molecular weight excluding hydrogens is 216 g/mol. The molecule has 1 unspecified atom stereocenters. The van der Waals surface area contributed by atoms with E-state index in [4.69, 9.17) is 5.73 Å². The Morgan fingerprint density at radius 2 is 1.80 bits per heavy atom. The van der Waals surface area contributed by atoms with Crippen LogP contribution in [0.1, 0.15) is 19.3 Å². The van der Waals surface area contributed by atoms with Crippen molar-refractivity contribution in [1.82, 2.24) is 5.32 Å². The summed E-state index contributed by atoms with van der Waals surface area (Å²) in [6, 6.07) is 0. The summed E-state index contributed by atoms with van der Waals surface area (Å²) in [5, 5.41) is 13.5. The topological polar surface area (TPSA) is 92.4 Å². The van der Waals surface area contributed by atoms with Gasteiger partial charge in [0.15, 0.2) is 9.84 Å². The van der Waals surface area contributed by atoms with Crippen molar-refractivity contribution in [2.24, 2.45) is 5.73 Å². The van der Waals surface area contributed by atoms with Crippen molar-refractivity contribution < 1.29 is 13.5 Å². The van der Waals surface area contributed by atoms with Gasteiger partial charge in [0.05, 0.1) is 17.1 Å². The lowest BCUT2D eigenvalue weighted by Crippen LogP contribution is -2.65. The molecule has 0 aromatic heterocycles. The first-order valence-electron chi connectivity index (χ1n) is 5.29. The average molecular weight is 234 g/mol. The SMILES string of the molecule is NC1(C2(O)CCS(=O)(=O)C2)CCNCC1. The third-order valence-corrected chi connectivity index (χ3v) is 5.45. The van der Waals surface area contributed by atoms with Gasteiger partial charge in [-0.15, -0.1) is 0 Å². The maximum atomic E-state index is 11.4. The van der Waals surface area contributed by atoms with Crippen LogP contribution in [-0.2, 0) is 9.84 Å². The highest BCUT2D eigenvalue weighted by atomic mass is 32.2. The lowest BCUT2D eigenvalue weighted by molar-refractivity contribution is -0.0266. The molecule has 2 aliphatic rings. The molecule has 2 heterocycles. The highest BCUT2D eigenvalue weighted by Crippen LogP contribution is 2.37. The van der Waals surface area contributed by atoms with Gasteiger partial charge in [-0.2, -0.15) is 0 Å². The minimum atomic E-state index is -3.09. The predicted octanol–water partition coefficient (Wildman–Crippen LogP) is -1.38. The summed E-state index contributed by atoms with van der Waals surface area (Å²) in [7, 11) is -3.09. The van der Waals surface area contributed by atoms with E-state index in [2.05, 4.69) is 5.32 Å². The summed E-state index contributed by atoms with van der Waals surface area (Å²) >= 11 is 0. The third-order valence-electron chi connectivity index (χ3n) is 3.71. The van der Waals surface area contributed by atoms with Crippen molar-refractivity contribution in [1.29, 1.82) is 0 Å². The van der Waals surface area contributed by atoms with Crippen LogP contribution in [0.5, 0.6) is 0 Å². The van der Waals surface area contributed by atoms with Gasteiger partial charge in [0.25, 0.3) is 0 Å². The second-order valence-electron chi connectivity index (χ2n) is 4.78. The van der Waals surface area contributed by atoms with Crippen molar-refractivity contribution in [2.75, 3.05) is 24.6 Å². The van der Waals surface area contributed by atoms with E-state index >= 15 is 0 Å². The number of piperidine rings is 1. The molecule has 2 saturated heterocycles. The number of hydrogen-bond donors (Lipinski definition) is 3. The summed E-state index contributed by atoms with van der Waals surface area (Å²) in [4.78, 5) is 0. The maximum absolute atomic E-state index is 11.4. The van der Waals surface area contributed by atoms with Crippen molar-refractivity contribution >= 4 is 9.84 Å². The molecular formula is C9H18N2O3S. The quantitative estimate of drug-likeness (QED) is 0.520. The van der Waals surface area contributed by atoms with E-state index in [1.54, 1.807) is 0 Å². The molecule has 6 heteroatoms. The van der Waals surface area contributed by atoms with E-state index in [0.717, 1.165) is 13.1 Å². The Kier molecular flexibility index (Phi) is 2.57. The lowest BCUT2D eigenvalue weighted by Gasteiger charge is -2.44. The van der Waals surface area contributed by atoms with Crippen LogP contribution in [0.4, 0.5) is 0 Å². The van der Waals surface area contributed by atoms with E-state index < -0.39 is 21.0 Å². The summed E-state index contributed by atoms with van der Waals surface area (Å²) in [5.74, 6) is -0.105. The number of hydrogen-bond acceptors (Lipinski definition) is 5. The molecule has 88 valence electrons. The standard InChI is InChI=1S/C9H18N2O3S/c10-8(1-4-11-5-2-8)9(12)3-6-15(13,14)7-9/h11-12H,1-7,10H2. The fourth-order valence-electron chi connectivity index (χ4n) is 2.56. The van der Waals surface area contributed by atoms with Gasteiger partial charge in [-0.05, 0) is 32.4 Å². The number of nitrogens with one attached hydrogen (secondary N) is 1. The number of sulfone groups is 1. The Morgan fingerprint density at radius 1 is 1.20 bits per heavy atom. The Balaban J connectivity index is 2.22. The zero-order chi connectivity index (χ0) is 11.2. The van der Waals surface area contributed by atoms with Gasteiger partial charge in [-0.1, -0.05) is 0 Å². The second kappa shape index (κ2) is 3.41. The molecule has 0 aliphatic carbocycles. The molecule has 15 heavy (non-hydrogen) atoms. The molecule has 0 amide bonds. The van der Waals surface area contributed by atoms with E-state index in [1.165, 1.54) is 0 Å². The molecule has 0 radical (unpaired) electrons. The van der Waals surface area contributed by atoms with Crippen molar-refractivity contribution in [3.8, 4) is 0 Å². The molecule has 0 spiro atoms. The van der Waals surface area contributed by atoms with Crippen molar-refractivity contribution in [2.45, 2.75) is 30.4 Å². The Hall–Kier alpha value is -0.170. The monoisotopic (exact) mass is 234 g/mol. The largest absolute Gasteiger partial charge is 0.387 e. The Bertz CT molecular complexity index is 348. The van der Waals surface area contributed by atoms with E-state index in [0.29, 0.717) is 12.8 Å². The van der Waals surface area contributed by atoms with Gasteiger partial charge in [0, 0.05) is 5.54 Å². The minimum absolute atomic E-state index is 0.0654. The van der Waals surface area contributed by atoms with Gasteiger partial charge in [0.2, 0.25) is 0 Å². The van der Waals surface area contributed by atoms with Gasteiger partial charge in [-0.25, -0.2) is 8.42 Å². The molecule has 5 nitrogen and oxygen atoms in total. The number of nitrogens with two attached hydrogens (primary N) is 1. The third kappa shape index (κ3) is 1.91.